The summed E-state index contributed by atoms with van der Waals surface area (Å²) < 4.78 is 14.4. The fourth-order valence-electron chi connectivity index (χ4n) is 3.57. The van der Waals surface area contributed by atoms with Crippen LogP contribution in [0.25, 0.3) is 0 Å². The standard InChI is InChI=1S/C23H24FN5O3/c1-13-9-15(24)18(11-20(13)31)26-17-5-6-25-22-21(17)23(32)28-19-10-14(3-4-16(19)27-22)12-29(2)7-8-30/h3-6,9-11,30-31H,7-8,12H2,1-2H3,(H,28,32)(H2,25,26,27). The van der Waals surface area contributed by atoms with Crippen molar-refractivity contribution < 1.29 is 19.4 Å². The first-order valence-electron chi connectivity index (χ1n) is 10.1. The van der Waals surface area contributed by atoms with Gasteiger partial charge in [0.1, 0.15) is 22.9 Å². The molecule has 0 saturated heterocycles. The number of phenols is 1. The number of fused-ring (bicyclic) bond motifs is 2. The SMILES string of the molecule is Cc1cc(F)c(Nc2ccnc3c2C(=O)Nc2cc(CN(C)CCO)ccc2N3)cc1O. The molecule has 2 aromatic carbocycles. The van der Waals surface area contributed by atoms with Crippen LogP contribution in [0.2, 0.25) is 0 Å². The summed E-state index contributed by atoms with van der Waals surface area (Å²) in [7, 11) is 1.90. The molecular formula is C23H24FN5O3. The topological polar surface area (TPSA) is 110 Å². The molecule has 0 saturated carbocycles. The molecule has 1 amide bonds. The molecule has 3 aromatic rings. The maximum Gasteiger partial charge on any atom is 0.261 e. The second kappa shape index (κ2) is 8.81. The number of hydrogen-bond donors (Lipinski definition) is 5. The number of pyridine rings is 1. The van der Waals surface area contributed by atoms with Gasteiger partial charge in [0.05, 0.1) is 29.4 Å². The number of aromatic hydroxyl groups is 1. The van der Waals surface area contributed by atoms with Crippen LogP contribution in [0.5, 0.6) is 5.75 Å². The normalized spacial score (nSPS) is 12.5. The van der Waals surface area contributed by atoms with Crippen LogP contribution < -0.4 is 16.0 Å². The van der Waals surface area contributed by atoms with Gasteiger partial charge in [-0.2, -0.15) is 0 Å². The Kier molecular flexibility index (Phi) is 5.93. The average Bonchev–Trinajstić information content (AvgIpc) is 2.88. The third kappa shape index (κ3) is 4.34. The predicted molar refractivity (Wildman–Crippen MR) is 121 cm³/mol. The van der Waals surface area contributed by atoms with Gasteiger partial charge in [-0.15, -0.1) is 0 Å². The lowest BCUT2D eigenvalue weighted by molar-refractivity contribution is 0.102. The largest absolute Gasteiger partial charge is 0.508 e. The van der Waals surface area contributed by atoms with Crippen LogP contribution in [0.4, 0.5) is 33.0 Å². The number of halogens is 1. The van der Waals surface area contributed by atoms with E-state index in [2.05, 4.69) is 20.9 Å². The van der Waals surface area contributed by atoms with E-state index < -0.39 is 11.7 Å². The van der Waals surface area contributed by atoms with E-state index in [-0.39, 0.29) is 23.6 Å². The summed E-state index contributed by atoms with van der Waals surface area (Å²) in [6.45, 7) is 2.82. The van der Waals surface area contributed by atoms with Crippen molar-refractivity contribution >= 4 is 34.5 Å². The number of nitrogens with zero attached hydrogens (tertiary/aromatic N) is 2. The van der Waals surface area contributed by atoms with Crippen LogP contribution in [-0.4, -0.2) is 46.2 Å². The zero-order valence-electron chi connectivity index (χ0n) is 17.7. The molecule has 0 bridgehead atoms. The highest BCUT2D eigenvalue weighted by atomic mass is 19.1. The van der Waals surface area contributed by atoms with Crippen LogP contribution in [0, 0.1) is 12.7 Å². The minimum atomic E-state index is -0.548. The van der Waals surface area contributed by atoms with E-state index in [9.17, 15) is 14.3 Å². The number of likely N-dealkylation sites (N-methyl/N-ethyl adjacent to an activating group) is 1. The number of amides is 1. The highest BCUT2D eigenvalue weighted by Gasteiger charge is 2.24. The molecule has 1 aliphatic rings. The van der Waals surface area contributed by atoms with Crippen molar-refractivity contribution in [1.82, 2.24) is 9.88 Å². The number of aryl methyl sites for hydroxylation is 1. The smallest absolute Gasteiger partial charge is 0.261 e. The van der Waals surface area contributed by atoms with E-state index in [4.69, 9.17) is 5.11 Å². The molecule has 166 valence electrons. The fraction of sp³-hybridized carbons (Fsp3) is 0.217. The molecule has 0 radical (unpaired) electrons. The van der Waals surface area contributed by atoms with Crippen molar-refractivity contribution in [1.29, 1.82) is 0 Å². The maximum absolute atomic E-state index is 14.4. The van der Waals surface area contributed by atoms with E-state index >= 15 is 0 Å². The number of benzene rings is 2. The van der Waals surface area contributed by atoms with Crippen molar-refractivity contribution in [2.75, 3.05) is 36.1 Å². The van der Waals surface area contributed by atoms with Crippen LogP contribution in [0.15, 0.2) is 42.6 Å². The van der Waals surface area contributed by atoms with Gasteiger partial charge in [-0.3, -0.25) is 9.69 Å². The number of carbonyl (C=O) groups excluding carboxylic acids is 1. The average molecular weight is 437 g/mol. The van der Waals surface area contributed by atoms with Crippen molar-refractivity contribution in [3.8, 4) is 5.75 Å². The van der Waals surface area contributed by atoms with Crippen molar-refractivity contribution in [2.24, 2.45) is 0 Å². The summed E-state index contributed by atoms with van der Waals surface area (Å²) in [5.41, 5.74) is 3.26. The molecule has 9 heteroatoms. The van der Waals surface area contributed by atoms with E-state index in [1.807, 2.05) is 30.1 Å². The van der Waals surface area contributed by atoms with Gasteiger partial charge >= 0.3 is 0 Å². The van der Waals surface area contributed by atoms with Gasteiger partial charge in [-0.1, -0.05) is 6.07 Å². The van der Waals surface area contributed by atoms with E-state index in [0.717, 1.165) is 5.56 Å². The number of anilines is 5. The van der Waals surface area contributed by atoms with Crippen LogP contribution in [-0.2, 0) is 6.54 Å². The van der Waals surface area contributed by atoms with Gasteiger partial charge in [0.15, 0.2) is 0 Å². The first kappa shape index (κ1) is 21.5. The number of nitrogens with one attached hydrogen (secondary N) is 3. The van der Waals surface area contributed by atoms with Gasteiger partial charge in [0, 0.05) is 25.4 Å². The summed E-state index contributed by atoms with van der Waals surface area (Å²) in [6, 6.07) is 9.73. The molecule has 8 nitrogen and oxygen atoms in total. The lowest BCUT2D eigenvalue weighted by Gasteiger charge is -2.16. The lowest BCUT2D eigenvalue weighted by atomic mass is 10.1. The molecule has 0 aliphatic carbocycles. The van der Waals surface area contributed by atoms with Gasteiger partial charge in [-0.05, 0) is 49.4 Å². The number of hydrogen-bond acceptors (Lipinski definition) is 7. The van der Waals surface area contributed by atoms with E-state index in [1.165, 1.54) is 18.3 Å². The Bertz CT molecular complexity index is 1180. The van der Waals surface area contributed by atoms with E-state index in [0.29, 0.717) is 41.5 Å². The molecule has 32 heavy (non-hydrogen) atoms. The highest BCUT2D eigenvalue weighted by molar-refractivity contribution is 6.15. The van der Waals surface area contributed by atoms with Crippen LogP contribution >= 0.6 is 0 Å². The van der Waals surface area contributed by atoms with Crippen LogP contribution in [0.1, 0.15) is 21.5 Å². The Morgan fingerprint density at radius 1 is 1.12 bits per heavy atom. The Labute approximate surface area is 184 Å². The predicted octanol–water partition coefficient (Wildman–Crippen LogP) is 3.71. The number of aliphatic hydroxyl groups is 1. The summed E-state index contributed by atoms with van der Waals surface area (Å²) in [5.74, 6) is -0.678. The van der Waals surface area contributed by atoms with Crippen molar-refractivity contribution in [3.05, 3.63) is 65.1 Å². The Hall–Kier alpha value is -3.69. The number of rotatable bonds is 6. The fourth-order valence-corrected chi connectivity index (χ4v) is 3.57. The molecule has 5 N–H and O–H groups in total. The van der Waals surface area contributed by atoms with Crippen LogP contribution in [0.3, 0.4) is 0 Å². The first-order chi connectivity index (χ1) is 15.4. The number of carbonyl (C=O) groups is 1. The minimum absolute atomic E-state index is 0.0465. The molecule has 0 atom stereocenters. The lowest BCUT2D eigenvalue weighted by Crippen LogP contribution is -2.21. The maximum atomic E-state index is 14.4. The third-order valence-corrected chi connectivity index (χ3v) is 5.25. The number of aliphatic hydroxyl groups excluding tert-OH is 1. The Morgan fingerprint density at radius 2 is 1.94 bits per heavy atom. The van der Waals surface area contributed by atoms with Gasteiger partial charge in [0.25, 0.3) is 5.91 Å². The summed E-state index contributed by atoms with van der Waals surface area (Å²) in [6.07, 6.45) is 1.51. The van der Waals surface area contributed by atoms with Gasteiger partial charge < -0.3 is 26.2 Å². The van der Waals surface area contributed by atoms with Crippen molar-refractivity contribution in [3.63, 3.8) is 0 Å². The first-order valence-corrected chi connectivity index (χ1v) is 10.1. The Balaban J connectivity index is 1.65. The summed E-state index contributed by atoms with van der Waals surface area (Å²) >= 11 is 0. The highest BCUT2D eigenvalue weighted by Crippen LogP contribution is 2.36. The molecule has 0 fully saturated rings. The molecule has 2 heterocycles. The zero-order chi connectivity index (χ0) is 22.8. The Morgan fingerprint density at radius 3 is 2.72 bits per heavy atom. The number of phenolic OH excluding ortho intramolecular Hbond substituents is 1. The molecule has 4 rings (SSSR count). The molecule has 1 aromatic heterocycles. The monoisotopic (exact) mass is 437 g/mol. The van der Waals surface area contributed by atoms with Crippen molar-refractivity contribution in [2.45, 2.75) is 13.5 Å². The summed E-state index contributed by atoms with van der Waals surface area (Å²) in [4.78, 5) is 19.4. The quantitative estimate of drug-likeness (QED) is 0.400. The molecule has 0 unspecified atom stereocenters. The zero-order valence-corrected chi connectivity index (χ0v) is 17.7. The molecular weight excluding hydrogens is 413 g/mol. The van der Waals surface area contributed by atoms with Gasteiger partial charge in [-0.25, -0.2) is 9.37 Å². The second-order valence-electron chi connectivity index (χ2n) is 7.75. The minimum Gasteiger partial charge on any atom is -0.508 e. The molecule has 0 spiro atoms. The molecule has 1 aliphatic heterocycles. The van der Waals surface area contributed by atoms with E-state index in [1.54, 1.807) is 13.0 Å². The number of aromatic nitrogens is 1. The summed E-state index contributed by atoms with van der Waals surface area (Å²) in [5, 5.41) is 28.0. The van der Waals surface area contributed by atoms with Gasteiger partial charge in [0.2, 0.25) is 0 Å². The third-order valence-electron chi connectivity index (χ3n) is 5.25. The second-order valence-corrected chi connectivity index (χ2v) is 7.75.